The van der Waals surface area contributed by atoms with E-state index in [1.165, 1.54) is 10.7 Å². The molecule has 120 valence electrons. The summed E-state index contributed by atoms with van der Waals surface area (Å²) in [4.78, 5) is 7.20. The average Bonchev–Trinajstić information content (AvgIpc) is 2.70. The number of aromatic nitrogens is 1. The third-order valence-corrected chi connectivity index (χ3v) is 4.29. The van der Waals surface area contributed by atoms with Crippen molar-refractivity contribution in [2.45, 2.75) is 71.9 Å². The minimum Gasteiger partial charge on any atom is -0.370 e. The van der Waals surface area contributed by atoms with Crippen molar-refractivity contribution in [1.29, 1.82) is 0 Å². The first-order chi connectivity index (χ1) is 9.63. The highest BCUT2D eigenvalue weighted by atomic mass is 32.1. The standard InChI is InChI=1S/C16H29N3OS/c1-12-8-19(11-16(5,6)20-12)9-13-10-21-14(18-13)7-17-15(2,3)4/h10,12,17H,7-9,11H2,1-6H3. The lowest BCUT2D eigenvalue weighted by molar-refractivity contribution is -0.130. The lowest BCUT2D eigenvalue weighted by Gasteiger charge is -2.41. The molecule has 1 aliphatic heterocycles. The molecule has 1 atom stereocenters. The molecule has 2 heterocycles. The van der Waals surface area contributed by atoms with E-state index in [0.29, 0.717) is 0 Å². The van der Waals surface area contributed by atoms with Crippen molar-refractivity contribution in [1.82, 2.24) is 15.2 Å². The third kappa shape index (κ3) is 5.66. The summed E-state index contributed by atoms with van der Waals surface area (Å²) in [5, 5.41) is 6.84. The van der Waals surface area contributed by atoms with Crippen LogP contribution in [-0.4, -0.2) is 40.2 Å². The first kappa shape index (κ1) is 16.9. The molecule has 21 heavy (non-hydrogen) atoms. The summed E-state index contributed by atoms with van der Waals surface area (Å²) in [5.74, 6) is 0. The molecule has 1 saturated heterocycles. The summed E-state index contributed by atoms with van der Waals surface area (Å²) in [6, 6.07) is 0. The maximum absolute atomic E-state index is 5.95. The van der Waals surface area contributed by atoms with Gasteiger partial charge in [-0.2, -0.15) is 0 Å². The second-order valence-corrected chi connectivity index (χ2v) is 8.64. The highest BCUT2D eigenvalue weighted by Gasteiger charge is 2.31. The first-order valence-corrected chi connectivity index (χ1v) is 8.59. The van der Waals surface area contributed by atoms with Gasteiger partial charge in [0.1, 0.15) is 5.01 Å². The van der Waals surface area contributed by atoms with Crippen molar-refractivity contribution in [2.75, 3.05) is 13.1 Å². The molecule has 0 spiro atoms. The predicted molar refractivity (Wildman–Crippen MR) is 88.6 cm³/mol. The molecule has 1 fully saturated rings. The molecule has 0 radical (unpaired) electrons. The average molecular weight is 311 g/mol. The minimum absolute atomic E-state index is 0.0652. The van der Waals surface area contributed by atoms with E-state index >= 15 is 0 Å². The molecular formula is C16H29N3OS. The van der Waals surface area contributed by atoms with Crippen LogP contribution >= 0.6 is 11.3 Å². The Bertz CT molecular complexity index is 464. The Hall–Kier alpha value is -0.490. The molecule has 1 aliphatic rings. The van der Waals surface area contributed by atoms with Crippen molar-refractivity contribution >= 4 is 11.3 Å². The fourth-order valence-electron chi connectivity index (χ4n) is 2.78. The number of rotatable bonds is 4. The van der Waals surface area contributed by atoms with E-state index in [1.807, 2.05) is 0 Å². The maximum Gasteiger partial charge on any atom is 0.107 e. The van der Waals surface area contributed by atoms with Gasteiger partial charge >= 0.3 is 0 Å². The fourth-order valence-corrected chi connectivity index (χ4v) is 3.50. The fraction of sp³-hybridized carbons (Fsp3) is 0.812. The molecule has 1 aromatic rings. The predicted octanol–water partition coefficient (Wildman–Crippen LogP) is 3.03. The smallest absolute Gasteiger partial charge is 0.107 e. The van der Waals surface area contributed by atoms with Crippen LogP contribution in [-0.2, 0) is 17.8 Å². The van der Waals surface area contributed by atoms with Gasteiger partial charge in [-0.25, -0.2) is 4.98 Å². The van der Waals surface area contributed by atoms with Gasteiger partial charge in [0.15, 0.2) is 0 Å². The molecule has 4 nitrogen and oxygen atoms in total. The van der Waals surface area contributed by atoms with Crippen LogP contribution in [0.5, 0.6) is 0 Å². The van der Waals surface area contributed by atoms with E-state index in [2.05, 4.69) is 57.1 Å². The highest BCUT2D eigenvalue weighted by molar-refractivity contribution is 7.09. The van der Waals surface area contributed by atoms with Gasteiger partial charge in [-0.05, 0) is 41.5 Å². The maximum atomic E-state index is 5.95. The number of hydrogen-bond acceptors (Lipinski definition) is 5. The molecule has 0 aromatic carbocycles. The Morgan fingerprint density at radius 1 is 1.48 bits per heavy atom. The van der Waals surface area contributed by atoms with Gasteiger partial charge in [0.25, 0.3) is 0 Å². The number of ether oxygens (including phenoxy) is 1. The van der Waals surface area contributed by atoms with Crippen LogP contribution in [0.25, 0.3) is 0 Å². The largest absolute Gasteiger partial charge is 0.370 e. The summed E-state index contributed by atoms with van der Waals surface area (Å²) in [6.07, 6.45) is 0.286. The van der Waals surface area contributed by atoms with E-state index in [9.17, 15) is 0 Å². The number of morpholine rings is 1. The Balaban J connectivity index is 1.90. The zero-order chi connectivity index (χ0) is 15.7. The monoisotopic (exact) mass is 311 g/mol. The molecule has 2 rings (SSSR count). The summed E-state index contributed by atoms with van der Waals surface area (Å²) in [5.41, 5.74) is 1.25. The van der Waals surface area contributed by atoms with Crippen LogP contribution in [0, 0.1) is 0 Å². The third-order valence-electron chi connectivity index (χ3n) is 3.39. The van der Waals surface area contributed by atoms with Crippen molar-refractivity contribution in [3.63, 3.8) is 0 Å². The van der Waals surface area contributed by atoms with Gasteiger partial charge in [0.05, 0.1) is 17.4 Å². The minimum atomic E-state index is -0.0652. The second-order valence-electron chi connectivity index (χ2n) is 7.69. The van der Waals surface area contributed by atoms with Crippen LogP contribution in [0.2, 0.25) is 0 Å². The molecule has 0 amide bonds. The normalized spacial score (nSPS) is 23.4. The van der Waals surface area contributed by atoms with E-state index in [4.69, 9.17) is 9.72 Å². The van der Waals surface area contributed by atoms with Crippen molar-refractivity contribution in [3.05, 3.63) is 16.1 Å². The molecule has 0 aliphatic carbocycles. The van der Waals surface area contributed by atoms with Gasteiger partial charge in [0, 0.05) is 37.1 Å². The number of nitrogens with one attached hydrogen (secondary N) is 1. The molecule has 0 bridgehead atoms. The van der Waals surface area contributed by atoms with Crippen molar-refractivity contribution in [3.8, 4) is 0 Å². The quantitative estimate of drug-likeness (QED) is 0.927. The summed E-state index contributed by atoms with van der Waals surface area (Å²) in [7, 11) is 0. The number of thiazole rings is 1. The zero-order valence-corrected chi connectivity index (χ0v) is 15.0. The number of hydrogen-bond donors (Lipinski definition) is 1. The van der Waals surface area contributed by atoms with E-state index in [-0.39, 0.29) is 17.2 Å². The Morgan fingerprint density at radius 3 is 2.81 bits per heavy atom. The topological polar surface area (TPSA) is 37.4 Å². The second kappa shape index (κ2) is 6.32. The number of nitrogens with zero attached hydrogens (tertiary/aromatic N) is 2. The zero-order valence-electron chi connectivity index (χ0n) is 14.2. The Kier molecular flexibility index (Phi) is 5.08. The van der Waals surface area contributed by atoms with Gasteiger partial charge in [-0.3, -0.25) is 4.90 Å². The summed E-state index contributed by atoms with van der Waals surface area (Å²) in [6.45, 7) is 16.7. The van der Waals surface area contributed by atoms with Gasteiger partial charge in [0.2, 0.25) is 0 Å². The van der Waals surface area contributed by atoms with Crippen molar-refractivity contribution < 1.29 is 4.74 Å². The lowest BCUT2D eigenvalue weighted by atomic mass is 10.1. The molecule has 1 unspecified atom stereocenters. The van der Waals surface area contributed by atoms with Crippen LogP contribution < -0.4 is 5.32 Å². The Morgan fingerprint density at radius 2 is 2.19 bits per heavy atom. The highest BCUT2D eigenvalue weighted by Crippen LogP contribution is 2.22. The molecule has 5 heteroatoms. The van der Waals surface area contributed by atoms with Crippen molar-refractivity contribution in [2.24, 2.45) is 0 Å². The van der Waals surface area contributed by atoms with Gasteiger partial charge in [-0.15, -0.1) is 11.3 Å². The first-order valence-electron chi connectivity index (χ1n) is 7.71. The van der Waals surface area contributed by atoms with Gasteiger partial charge < -0.3 is 10.1 Å². The molecule has 1 N–H and O–H groups in total. The van der Waals surface area contributed by atoms with Crippen LogP contribution in [0.4, 0.5) is 0 Å². The summed E-state index contributed by atoms with van der Waals surface area (Å²) >= 11 is 1.75. The van der Waals surface area contributed by atoms with E-state index in [1.54, 1.807) is 11.3 Å². The van der Waals surface area contributed by atoms with Crippen LogP contribution in [0.1, 0.15) is 52.2 Å². The Labute approximate surface area is 132 Å². The lowest BCUT2D eigenvalue weighted by Crippen LogP contribution is -2.51. The SMILES string of the molecule is CC1CN(Cc2csc(CNC(C)(C)C)n2)CC(C)(C)O1. The van der Waals surface area contributed by atoms with E-state index < -0.39 is 0 Å². The molecule has 0 saturated carbocycles. The summed E-state index contributed by atoms with van der Waals surface area (Å²) < 4.78 is 5.95. The van der Waals surface area contributed by atoms with E-state index in [0.717, 1.165) is 26.2 Å². The van der Waals surface area contributed by atoms with Crippen LogP contribution in [0.3, 0.4) is 0 Å². The van der Waals surface area contributed by atoms with Gasteiger partial charge in [-0.1, -0.05) is 0 Å². The van der Waals surface area contributed by atoms with Crippen LogP contribution in [0.15, 0.2) is 5.38 Å². The molecule has 1 aromatic heterocycles. The molecular weight excluding hydrogens is 282 g/mol.